The van der Waals surface area contributed by atoms with Gasteiger partial charge >= 0.3 is 0 Å². The Morgan fingerprint density at radius 2 is 2.11 bits per heavy atom. The molecule has 0 aliphatic carbocycles. The quantitative estimate of drug-likeness (QED) is 0.860. The third-order valence-electron chi connectivity index (χ3n) is 3.53. The molecule has 1 aromatic heterocycles. The van der Waals surface area contributed by atoms with E-state index < -0.39 is 0 Å². The van der Waals surface area contributed by atoms with Gasteiger partial charge in [0.1, 0.15) is 11.0 Å². The molecule has 0 spiro atoms. The van der Waals surface area contributed by atoms with Crippen LogP contribution in [0.3, 0.4) is 0 Å². The molecular formula is C13H17ClN4S. The summed E-state index contributed by atoms with van der Waals surface area (Å²) in [6.45, 7) is 4.60. The van der Waals surface area contributed by atoms with Crippen molar-refractivity contribution in [3.05, 3.63) is 17.2 Å². The smallest absolute Gasteiger partial charge is 0.129 e. The van der Waals surface area contributed by atoms with Crippen LogP contribution in [0, 0.1) is 0 Å². The van der Waals surface area contributed by atoms with E-state index >= 15 is 0 Å². The van der Waals surface area contributed by atoms with Crippen LogP contribution in [-0.4, -0.2) is 39.8 Å². The Bertz CT molecular complexity index is 551. The van der Waals surface area contributed by atoms with Crippen LogP contribution >= 0.6 is 23.3 Å². The van der Waals surface area contributed by atoms with Crippen LogP contribution in [-0.2, 0) is 0 Å². The molecule has 0 saturated carbocycles. The van der Waals surface area contributed by atoms with E-state index in [0.29, 0.717) is 0 Å². The Morgan fingerprint density at radius 1 is 1.26 bits per heavy atom. The zero-order chi connectivity index (χ0) is 13.1. The van der Waals surface area contributed by atoms with E-state index in [2.05, 4.69) is 19.0 Å². The van der Waals surface area contributed by atoms with Crippen LogP contribution in [0.15, 0.2) is 12.1 Å². The Morgan fingerprint density at radius 3 is 2.95 bits per heavy atom. The zero-order valence-corrected chi connectivity index (χ0v) is 12.3. The number of nitrogens with zero attached hydrogens (tertiary/aromatic N) is 3. The number of likely N-dealkylation sites (tertiary alicyclic amines) is 1. The van der Waals surface area contributed by atoms with Gasteiger partial charge in [0.15, 0.2) is 0 Å². The maximum absolute atomic E-state index is 6.23. The lowest BCUT2D eigenvalue weighted by atomic mass is 10.2. The Labute approximate surface area is 122 Å². The summed E-state index contributed by atoms with van der Waals surface area (Å²) in [5.74, 6) is 0. The van der Waals surface area contributed by atoms with E-state index in [4.69, 9.17) is 11.6 Å². The lowest BCUT2D eigenvalue weighted by molar-refractivity contribution is 0.337. The number of fused-ring (bicyclic) bond motifs is 1. The van der Waals surface area contributed by atoms with Crippen molar-refractivity contribution >= 4 is 40.0 Å². The average molecular weight is 297 g/mol. The summed E-state index contributed by atoms with van der Waals surface area (Å²) in [6, 6.07) is 3.80. The van der Waals surface area contributed by atoms with E-state index in [1.54, 1.807) is 0 Å². The topological polar surface area (TPSA) is 41.1 Å². The Kier molecular flexibility index (Phi) is 4.15. The SMILES string of the molecule is Clc1ccc2nsnc2c1NCCCN1CCCC1. The van der Waals surface area contributed by atoms with Gasteiger partial charge in [-0.15, -0.1) is 0 Å². The molecule has 1 saturated heterocycles. The first-order valence-corrected chi connectivity index (χ1v) is 7.82. The second kappa shape index (κ2) is 6.03. The Hall–Kier alpha value is -0.910. The van der Waals surface area contributed by atoms with Gasteiger partial charge in [-0.2, -0.15) is 8.75 Å². The second-order valence-electron chi connectivity index (χ2n) is 4.88. The molecule has 102 valence electrons. The fraction of sp³-hybridized carbons (Fsp3) is 0.538. The van der Waals surface area contributed by atoms with E-state index in [-0.39, 0.29) is 0 Å². The number of hydrogen-bond donors (Lipinski definition) is 1. The van der Waals surface area contributed by atoms with Gasteiger partial charge in [-0.05, 0) is 51.0 Å². The minimum atomic E-state index is 0.723. The summed E-state index contributed by atoms with van der Waals surface area (Å²) in [7, 11) is 0. The van der Waals surface area contributed by atoms with Crippen molar-refractivity contribution in [2.45, 2.75) is 19.3 Å². The Balaban J connectivity index is 1.58. The van der Waals surface area contributed by atoms with Gasteiger partial charge in [-0.3, -0.25) is 0 Å². The third-order valence-corrected chi connectivity index (χ3v) is 4.39. The number of hydrogen-bond acceptors (Lipinski definition) is 5. The predicted molar refractivity (Wildman–Crippen MR) is 81.2 cm³/mol. The van der Waals surface area contributed by atoms with Crippen LogP contribution in [0.1, 0.15) is 19.3 Å². The molecule has 3 rings (SSSR count). The van der Waals surface area contributed by atoms with Crippen LogP contribution in [0.25, 0.3) is 11.0 Å². The van der Waals surface area contributed by atoms with Crippen LogP contribution in [0.4, 0.5) is 5.69 Å². The van der Waals surface area contributed by atoms with E-state index in [9.17, 15) is 0 Å². The van der Waals surface area contributed by atoms with Gasteiger partial charge in [0.2, 0.25) is 0 Å². The summed E-state index contributed by atoms with van der Waals surface area (Å²) in [5, 5.41) is 4.14. The largest absolute Gasteiger partial charge is 0.382 e. The maximum atomic E-state index is 6.23. The van der Waals surface area contributed by atoms with Crippen LogP contribution in [0.5, 0.6) is 0 Å². The van der Waals surface area contributed by atoms with Gasteiger partial charge in [0.05, 0.1) is 22.4 Å². The molecule has 0 atom stereocenters. The molecule has 0 amide bonds. The first kappa shape index (κ1) is 13.1. The molecule has 6 heteroatoms. The highest BCUT2D eigenvalue weighted by atomic mass is 35.5. The molecule has 4 nitrogen and oxygen atoms in total. The second-order valence-corrected chi connectivity index (χ2v) is 5.82. The molecule has 1 fully saturated rings. The number of rotatable bonds is 5. The standard InChI is InChI=1S/C13H17ClN4S/c14-10-4-5-11-13(17-19-16-11)12(10)15-6-3-9-18-7-1-2-8-18/h4-5,15H,1-3,6-9H2. The highest BCUT2D eigenvalue weighted by molar-refractivity contribution is 7.00. The van der Waals surface area contributed by atoms with Gasteiger partial charge in [0.25, 0.3) is 0 Å². The number of nitrogens with one attached hydrogen (secondary N) is 1. The van der Waals surface area contributed by atoms with Gasteiger partial charge in [0, 0.05) is 6.54 Å². The lowest BCUT2D eigenvalue weighted by Crippen LogP contribution is -2.22. The summed E-state index contributed by atoms with van der Waals surface area (Å²) in [5.41, 5.74) is 2.73. The number of benzene rings is 1. The summed E-state index contributed by atoms with van der Waals surface area (Å²) >= 11 is 7.46. The maximum Gasteiger partial charge on any atom is 0.129 e. The molecule has 0 radical (unpaired) electrons. The molecule has 0 bridgehead atoms. The molecule has 2 heterocycles. The zero-order valence-electron chi connectivity index (χ0n) is 10.7. The normalized spacial score (nSPS) is 16.3. The van der Waals surface area contributed by atoms with Crippen molar-refractivity contribution in [3.8, 4) is 0 Å². The van der Waals surface area contributed by atoms with E-state index in [0.717, 1.165) is 41.3 Å². The summed E-state index contributed by atoms with van der Waals surface area (Å²) < 4.78 is 8.54. The first-order chi connectivity index (χ1) is 9.34. The fourth-order valence-electron chi connectivity index (χ4n) is 2.52. The molecule has 19 heavy (non-hydrogen) atoms. The van der Waals surface area contributed by atoms with Crippen molar-refractivity contribution in [2.24, 2.45) is 0 Å². The highest BCUT2D eigenvalue weighted by Gasteiger charge is 2.12. The van der Waals surface area contributed by atoms with Crippen molar-refractivity contribution in [1.82, 2.24) is 13.6 Å². The third kappa shape index (κ3) is 2.99. The van der Waals surface area contributed by atoms with Crippen molar-refractivity contribution < 1.29 is 0 Å². The predicted octanol–water partition coefficient (Wildman–Crippen LogP) is 3.24. The van der Waals surface area contributed by atoms with Crippen molar-refractivity contribution in [2.75, 3.05) is 31.5 Å². The van der Waals surface area contributed by atoms with Gasteiger partial charge in [-0.25, -0.2) is 0 Å². The number of halogens is 1. The molecule has 1 aliphatic rings. The van der Waals surface area contributed by atoms with Gasteiger partial charge in [-0.1, -0.05) is 11.6 Å². The first-order valence-electron chi connectivity index (χ1n) is 6.71. The van der Waals surface area contributed by atoms with Crippen molar-refractivity contribution in [1.29, 1.82) is 0 Å². The monoisotopic (exact) mass is 296 g/mol. The molecule has 1 aliphatic heterocycles. The molecule has 1 aromatic carbocycles. The highest BCUT2D eigenvalue weighted by Crippen LogP contribution is 2.29. The van der Waals surface area contributed by atoms with Crippen LogP contribution < -0.4 is 5.32 Å². The molecule has 0 unspecified atom stereocenters. The van der Waals surface area contributed by atoms with Gasteiger partial charge < -0.3 is 10.2 Å². The van der Waals surface area contributed by atoms with Crippen molar-refractivity contribution in [3.63, 3.8) is 0 Å². The van der Waals surface area contributed by atoms with Crippen LogP contribution in [0.2, 0.25) is 5.02 Å². The number of aromatic nitrogens is 2. The lowest BCUT2D eigenvalue weighted by Gasteiger charge is -2.15. The number of anilines is 1. The fourth-order valence-corrected chi connectivity index (χ4v) is 3.28. The average Bonchev–Trinajstić information content (AvgIpc) is 3.07. The minimum absolute atomic E-state index is 0.723. The van der Waals surface area contributed by atoms with E-state index in [1.807, 2.05) is 12.1 Å². The molecule has 2 aromatic rings. The summed E-state index contributed by atoms with van der Waals surface area (Å²) in [6.07, 6.45) is 3.83. The molecular weight excluding hydrogens is 280 g/mol. The minimum Gasteiger partial charge on any atom is -0.382 e. The molecule has 1 N–H and O–H groups in total. The van der Waals surface area contributed by atoms with E-state index in [1.165, 1.54) is 37.7 Å². The summed E-state index contributed by atoms with van der Waals surface area (Å²) in [4.78, 5) is 2.52.